The van der Waals surface area contributed by atoms with E-state index in [1.54, 1.807) is 12.1 Å². The van der Waals surface area contributed by atoms with Gasteiger partial charge in [0.15, 0.2) is 5.79 Å². The molecule has 4 rings (SSSR count). The summed E-state index contributed by atoms with van der Waals surface area (Å²) in [5.74, 6) is -0.500. The summed E-state index contributed by atoms with van der Waals surface area (Å²) in [6, 6.07) is 7.23. The highest BCUT2D eigenvalue weighted by molar-refractivity contribution is 5.78. The molecule has 3 heterocycles. The van der Waals surface area contributed by atoms with Crippen molar-refractivity contribution < 1.29 is 14.3 Å². The van der Waals surface area contributed by atoms with Crippen LogP contribution in [0.4, 0.5) is 0 Å². The fraction of sp³-hybridized carbons (Fsp3) is 0.526. The molecule has 1 spiro atoms. The van der Waals surface area contributed by atoms with Crippen LogP contribution in [0.15, 0.2) is 35.4 Å². The van der Waals surface area contributed by atoms with Crippen molar-refractivity contribution in [2.24, 2.45) is 5.41 Å². The summed E-state index contributed by atoms with van der Waals surface area (Å²) in [6.07, 6.45) is 1.80. The van der Waals surface area contributed by atoms with Crippen molar-refractivity contribution in [1.29, 1.82) is 0 Å². The zero-order valence-electron chi connectivity index (χ0n) is 15.1. The highest BCUT2D eigenvalue weighted by Gasteiger charge is 2.49. The number of carbonyl (C=O) groups is 1. The molecule has 0 saturated carbocycles. The number of rotatable bonds is 3. The zero-order chi connectivity index (χ0) is 18.4. The van der Waals surface area contributed by atoms with Crippen molar-refractivity contribution in [3.05, 3.63) is 40.9 Å². The number of likely N-dealkylation sites (tertiary alicyclic amines) is 1. The van der Waals surface area contributed by atoms with Gasteiger partial charge in [0.1, 0.15) is 0 Å². The molecule has 0 N–H and O–H groups in total. The number of amides is 1. The first-order valence-electron chi connectivity index (χ1n) is 8.87. The van der Waals surface area contributed by atoms with Gasteiger partial charge in [0.25, 0.3) is 5.56 Å². The second kappa shape index (κ2) is 6.17. The molecular formula is C19H23N3O4. The lowest BCUT2D eigenvalue weighted by Gasteiger charge is -2.54. The second-order valence-electron chi connectivity index (χ2n) is 7.74. The third kappa shape index (κ3) is 3.12. The van der Waals surface area contributed by atoms with E-state index in [1.165, 1.54) is 10.9 Å². The van der Waals surface area contributed by atoms with Gasteiger partial charge in [-0.3, -0.25) is 14.2 Å². The molecule has 1 aromatic carbocycles. The SMILES string of the molecule is CC1(C)OCC2(CO1)CN(C(=O)CCn1cnc3ccccc3c1=O)C2. The lowest BCUT2D eigenvalue weighted by atomic mass is 9.80. The van der Waals surface area contributed by atoms with E-state index in [4.69, 9.17) is 9.47 Å². The van der Waals surface area contributed by atoms with Gasteiger partial charge in [-0.05, 0) is 26.0 Å². The van der Waals surface area contributed by atoms with Crippen LogP contribution in [-0.4, -0.2) is 52.4 Å². The van der Waals surface area contributed by atoms with E-state index < -0.39 is 5.79 Å². The number of para-hydroxylation sites is 1. The normalized spacial score (nSPS) is 20.9. The topological polar surface area (TPSA) is 73.7 Å². The molecule has 2 saturated heterocycles. The van der Waals surface area contributed by atoms with Gasteiger partial charge < -0.3 is 14.4 Å². The van der Waals surface area contributed by atoms with Crippen LogP contribution in [0.25, 0.3) is 10.9 Å². The fourth-order valence-electron chi connectivity index (χ4n) is 3.50. The first-order valence-corrected chi connectivity index (χ1v) is 8.87. The van der Waals surface area contributed by atoms with Crippen molar-refractivity contribution in [3.8, 4) is 0 Å². The van der Waals surface area contributed by atoms with Crippen LogP contribution in [0, 0.1) is 5.41 Å². The number of ether oxygens (including phenoxy) is 2. The molecule has 26 heavy (non-hydrogen) atoms. The first kappa shape index (κ1) is 17.2. The van der Waals surface area contributed by atoms with Gasteiger partial charge in [-0.2, -0.15) is 0 Å². The number of aromatic nitrogens is 2. The maximum atomic E-state index is 12.5. The quantitative estimate of drug-likeness (QED) is 0.830. The summed E-state index contributed by atoms with van der Waals surface area (Å²) in [6.45, 7) is 6.64. The van der Waals surface area contributed by atoms with Crippen molar-refractivity contribution in [1.82, 2.24) is 14.5 Å². The van der Waals surface area contributed by atoms with Gasteiger partial charge in [-0.25, -0.2) is 4.98 Å². The van der Waals surface area contributed by atoms with Crippen LogP contribution in [-0.2, 0) is 20.8 Å². The summed E-state index contributed by atoms with van der Waals surface area (Å²) < 4.78 is 13.0. The highest BCUT2D eigenvalue weighted by Crippen LogP contribution is 2.37. The lowest BCUT2D eigenvalue weighted by molar-refractivity contribution is -0.303. The Morgan fingerprint density at radius 3 is 2.62 bits per heavy atom. The van der Waals surface area contributed by atoms with Crippen molar-refractivity contribution in [2.45, 2.75) is 32.6 Å². The van der Waals surface area contributed by atoms with E-state index in [0.717, 1.165) is 0 Å². The summed E-state index contributed by atoms with van der Waals surface area (Å²) in [4.78, 5) is 31.0. The Bertz CT molecular complexity index is 887. The Morgan fingerprint density at radius 2 is 1.88 bits per heavy atom. The molecule has 138 valence electrons. The van der Waals surface area contributed by atoms with Crippen molar-refractivity contribution >= 4 is 16.8 Å². The molecule has 7 heteroatoms. The van der Waals surface area contributed by atoms with Crippen LogP contribution in [0.2, 0.25) is 0 Å². The molecule has 7 nitrogen and oxygen atoms in total. The van der Waals surface area contributed by atoms with E-state index in [9.17, 15) is 9.59 Å². The maximum Gasteiger partial charge on any atom is 0.261 e. The van der Waals surface area contributed by atoms with Crippen LogP contribution in [0.5, 0.6) is 0 Å². The van der Waals surface area contributed by atoms with E-state index in [2.05, 4.69) is 4.98 Å². The number of carbonyl (C=O) groups excluding carboxylic acids is 1. The number of nitrogens with zero attached hydrogens (tertiary/aromatic N) is 3. The van der Waals surface area contributed by atoms with Gasteiger partial charge in [-0.1, -0.05) is 12.1 Å². The number of aryl methyl sites for hydroxylation is 1. The zero-order valence-corrected chi connectivity index (χ0v) is 15.1. The molecule has 2 aliphatic heterocycles. The molecule has 2 aromatic rings. The molecular weight excluding hydrogens is 334 g/mol. The average Bonchev–Trinajstić information content (AvgIpc) is 2.60. The fourth-order valence-corrected chi connectivity index (χ4v) is 3.50. The number of hydrogen-bond acceptors (Lipinski definition) is 5. The average molecular weight is 357 g/mol. The Kier molecular flexibility index (Phi) is 4.08. The van der Waals surface area contributed by atoms with Crippen LogP contribution >= 0.6 is 0 Å². The summed E-state index contributed by atoms with van der Waals surface area (Å²) in [7, 11) is 0. The Labute approximate surface area is 151 Å². The van der Waals surface area contributed by atoms with Gasteiger partial charge in [0.05, 0.1) is 35.9 Å². The number of benzene rings is 1. The molecule has 0 aliphatic carbocycles. The smallest absolute Gasteiger partial charge is 0.261 e. The van der Waals surface area contributed by atoms with Crippen LogP contribution < -0.4 is 5.56 Å². The van der Waals surface area contributed by atoms with Gasteiger partial charge in [0, 0.05) is 26.1 Å². The molecule has 0 atom stereocenters. The minimum atomic E-state index is -0.542. The second-order valence-corrected chi connectivity index (χ2v) is 7.74. The van der Waals surface area contributed by atoms with Crippen molar-refractivity contribution in [2.75, 3.05) is 26.3 Å². The van der Waals surface area contributed by atoms with E-state index in [1.807, 2.05) is 30.9 Å². The minimum Gasteiger partial charge on any atom is -0.350 e. The molecule has 1 amide bonds. The van der Waals surface area contributed by atoms with Gasteiger partial charge in [-0.15, -0.1) is 0 Å². The molecule has 2 fully saturated rings. The summed E-state index contributed by atoms with van der Waals surface area (Å²) in [5, 5.41) is 0.574. The van der Waals surface area contributed by atoms with Crippen LogP contribution in [0.1, 0.15) is 20.3 Å². The molecule has 2 aliphatic rings. The first-order chi connectivity index (χ1) is 12.4. The predicted molar refractivity (Wildman–Crippen MR) is 95.6 cm³/mol. The summed E-state index contributed by atoms with van der Waals surface area (Å²) in [5.41, 5.74) is 0.483. The Morgan fingerprint density at radius 1 is 1.19 bits per heavy atom. The summed E-state index contributed by atoms with van der Waals surface area (Å²) >= 11 is 0. The Hall–Kier alpha value is -2.25. The maximum absolute atomic E-state index is 12.5. The highest BCUT2D eigenvalue weighted by atomic mass is 16.7. The number of hydrogen-bond donors (Lipinski definition) is 0. The van der Waals surface area contributed by atoms with E-state index >= 15 is 0 Å². The minimum absolute atomic E-state index is 0.0421. The molecule has 0 bridgehead atoms. The molecule has 0 radical (unpaired) electrons. The van der Waals surface area contributed by atoms with Crippen molar-refractivity contribution in [3.63, 3.8) is 0 Å². The Balaban J connectivity index is 1.34. The lowest BCUT2D eigenvalue weighted by Crippen LogP contribution is -2.65. The largest absolute Gasteiger partial charge is 0.350 e. The predicted octanol–water partition coefficient (Wildman–Crippen LogP) is 1.40. The molecule has 1 aromatic heterocycles. The monoisotopic (exact) mass is 357 g/mol. The number of fused-ring (bicyclic) bond motifs is 1. The van der Waals surface area contributed by atoms with Gasteiger partial charge >= 0.3 is 0 Å². The standard InChI is InChI=1S/C19H23N3O4/c1-18(2)25-11-19(12-26-18)9-22(10-19)16(23)7-8-21-13-20-15-6-4-3-5-14(15)17(21)24/h3-6,13H,7-12H2,1-2H3. The third-order valence-corrected chi connectivity index (χ3v) is 5.16. The van der Waals surface area contributed by atoms with E-state index in [-0.39, 0.29) is 23.3 Å². The van der Waals surface area contributed by atoms with Crippen LogP contribution in [0.3, 0.4) is 0 Å². The van der Waals surface area contributed by atoms with Gasteiger partial charge in [0.2, 0.25) is 5.91 Å². The molecule has 0 unspecified atom stereocenters. The third-order valence-electron chi connectivity index (χ3n) is 5.16. The van der Waals surface area contributed by atoms with E-state index in [0.29, 0.717) is 43.8 Å².